The van der Waals surface area contributed by atoms with Gasteiger partial charge in [0.05, 0.1) is 5.69 Å². The first-order chi connectivity index (χ1) is 16.1. The number of aliphatic imine (C=N–C) groups is 1. The van der Waals surface area contributed by atoms with E-state index in [1.165, 1.54) is 5.56 Å². The van der Waals surface area contributed by atoms with Crippen LogP contribution in [-0.2, 0) is 11.3 Å². The SMILES string of the molecule is CCCN(CCC)C(=O)C1=Cc2ccc(C3NCc4ccccc4N3)cc2N=C(N=NN)C1. The number of nitrogens with zero attached hydrogens (tertiary/aromatic N) is 4. The normalized spacial score (nSPS) is 17.3. The van der Waals surface area contributed by atoms with E-state index in [9.17, 15) is 4.79 Å². The van der Waals surface area contributed by atoms with E-state index >= 15 is 0 Å². The maximum atomic E-state index is 13.3. The van der Waals surface area contributed by atoms with Gasteiger partial charge < -0.3 is 16.1 Å². The predicted molar refractivity (Wildman–Crippen MR) is 132 cm³/mol. The summed E-state index contributed by atoms with van der Waals surface area (Å²) >= 11 is 0. The van der Waals surface area contributed by atoms with E-state index < -0.39 is 0 Å². The van der Waals surface area contributed by atoms with Gasteiger partial charge >= 0.3 is 0 Å². The molecule has 172 valence electrons. The zero-order valence-electron chi connectivity index (χ0n) is 19.2. The molecule has 2 aromatic carbocycles. The molecule has 2 heterocycles. The highest BCUT2D eigenvalue weighted by molar-refractivity contribution is 6.06. The third kappa shape index (κ3) is 5.12. The molecule has 4 rings (SSSR count). The van der Waals surface area contributed by atoms with Crippen molar-refractivity contribution in [1.82, 2.24) is 10.2 Å². The second kappa shape index (κ2) is 10.4. The van der Waals surface area contributed by atoms with Crippen LogP contribution in [0.5, 0.6) is 0 Å². The zero-order valence-corrected chi connectivity index (χ0v) is 19.2. The number of carbonyl (C=O) groups is 1. The quantitative estimate of drug-likeness (QED) is 0.340. The lowest BCUT2D eigenvalue weighted by Crippen LogP contribution is -2.34. The van der Waals surface area contributed by atoms with Crippen molar-refractivity contribution in [3.05, 3.63) is 64.7 Å². The highest BCUT2D eigenvalue weighted by Gasteiger charge is 2.23. The number of rotatable bonds is 6. The molecule has 33 heavy (non-hydrogen) atoms. The van der Waals surface area contributed by atoms with Gasteiger partial charge in [-0.1, -0.05) is 49.4 Å². The predicted octanol–water partition coefficient (Wildman–Crippen LogP) is 4.69. The van der Waals surface area contributed by atoms with Crippen LogP contribution in [-0.4, -0.2) is 29.7 Å². The highest BCUT2D eigenvalue weighted by atomic mass is 16.2. The maximum Gasteiger partial charge on any atom is 0.250 e. The Morgan fingerprint density at radius 2 is 1.97 bits per heavy atom. The fourth-order valence-corrected chi connectivity index (χ4v) is 4.30. The zero-order chi connectivity index (χ0) is 23.2. The number of anilines is 1. The molecule has 0 radical (unpaired) electrons. The van der Waals surface area contributed by atoms with Crippen molar-refractivity contribution < 1.29 is 4.79 Å². The lowest BCUT2D eigenvalue weighted by atomic mass is 10.0. The number of nitrogens with one attached hydrogen (secondary N) is 2. The molecule has 0 bridgehead atoms. The fraction of sp³-hybridized carbons (Fsp3) is 0.360. The van der Waals surface area contributed by atoms with Crippen molar-refractivity contribution in [3.8, 4) is 0 Å². The summed E-state index contributed by atoms with van der Waals surface area (Å²) in [7, 11) is 0. The summed E-state index contributed by atoms with van der Waals surface area (Å²) < 4.78 is 0. The average Bonchev–Trinajstić information content (AvgIpc) is 3.02. The Kier molecular flexibility index (Phi) is 7.14. The lowest BCUT2D eigenvalue weighted by Gasteiger charge is -2.29. The van der Waals surface area contributed by atoms with E-state index in [-0.39, 0.29) is 12.1 Å². The molecule has 0 aromatic heterocycles. The first-order valence-corrected chi connectivity index (χ1v) is 11.5. The van der Waals surface area contributed by atoms with Crippen molar-refractivity contribution in [1.29, 1.82) is 0 Å². The van der Waals surface area contributed by atoms with Crippen molar-refractivity contribution >= 4 is 29.2 Å². The minimum absolute atomic E-state index is 0.0165. The fourth-order valence-electron chi connectivity index (χ4n) is 4.30. The summed E-state index contributed by atoms with van der Waals surface area (Å²) in [5.74, 6) is 5.79. The number of amides is 1. The Balaban J connectivity index is 1.67. The first kappa shape index (κ1) is 22.7. The molecule has 2 aliphatic heterocycles. The van der Waals surface area contributed by atoms with Gasteiger partial charge in [0.2, 0.25) is 5.91 Å². The van der Waals surface area contributed by atoms with Gasteiger partial charge in [-0.2, -0.15) is 0 Å². The minimum atomic E-state index is -0.0436. The van der Waals surface area contributed by atoms with Crippen LogP contribution in [0, 0.1) is 0 Å². The van der Waals surface area contributed by atoms with Gasteiger partial charge in [-0.3, -0.25) is 10.1 Å². The van der Waals surface area contributed by atoms with E-state index in [0.717, 1.165) is 55.0 Å². The smallest absolute Gasteiger partial charge is 0.250 e. The molecule has 1 atom stereocenters. The topological polar surface area (TPSA) is 107 Å². The van der Waals surface area contributed by atoms with Crippen LogP contribution in [0.25, 0.3) is 6.08 Å². The molecule has 0 saturated heterocycles. The van der Waals surface area contributed by atoms with Crippen molar-refractivity contribution in [3.63, 3.8) is 0 Å². The molecule has 0 spiro atoms. The van der Waals surface area contributed by atoms with Gasteiger partial charge in [0.1, 0.15) is 6.17 Å². The Morgan fingerprint density at radius 3 is 2.73 bits per heavy atom. The Morgan fingerprint density at radius 1 is 1.18 bits per heavy atom. The standard InChI is InChI=1S/C25H31N7O/c1-3-11-32(12-4-2)25(33)20-13-17-9-10-18(14-22(17)28-23(15-20)30-31-26)24-27-16-19-7-5-6-8-21(19)29-24/h5-10,13-14,24,27,29H,3-4,11-12,15-16H2,1-2H3,(H2,26,28,30). The molecule has 1 unspecified atom stereocenters. The van der Waals surface area contributed by atoms with E-state index in [1.54, 1.807) is 0 Å². The Bertz CT molecular complexity index is 1100. The van der Waals surface area contributed by atoms with Crippen molar-refractivity contribution in [2.75, 3.05) is 18.4 Å². The number of hydrogen-bond donors (Lipinski definition) is 3. The summed E-state index contributed by atoms with van der Waals surface area (Å²) in [6, 6.07) is 14.4. The number of fused-ring (bicyclic) bond motifs is 2. The van der Waals surface area contributed by atoms with Gasteiger partial charge in [-0.25, -0.2) is 4.99 Å². The molecule has 4 N–H and O–H groups in total. The van der Waals surface area contributed by atoms with Crippen LogP contribution < -0.4 is 16.5 Å². The molecule has 0 fully saturated rings. The number of carbonyl (C=O) groups excluding carboxylic acids is 1. The summed E-state index contributed by atoms with van der Waals surface area (Å²) in [6.45, 7) is 6.39. The van der Waals surface area contributed by atoms with E-state index in [2.05, 4.69) is 53.0 Å². The molecular weight excluding hydrogens is 414 g/mol. The number of hydrogen-bond acceptors (Lipinski definition) is 6. The average molecular weight is 446 g/mol. The van der Waals surface area contributed by atoms with Crippen LogP contribution in [0.1, 0.15) is 56.0 Å². The number of nitrogens with two attached hydrogens (primary N) is 1. The van der Waals surface area contributed by atoms with Crippen LogP contribution in [0.15, 0.2) is 63.4 Å². The second-order valence-electron chi connectivity index (χ2n) is 8.32. The number of benzene rings is 2. The van der Waals surface area contributed by atoms with Crippen molar-refractivity contribution in [2.24, 2.45) is 21.2 Å². The van der Waals surface area contributed by atoms with Crippen molar-refractivity contribution in [2.45, 2.75) is 45.8 Å². The number of amidine groups is 1. The largest absolute Gasteiger partial charge is 0.366 e. The Hall–Kier alpha value is -3.52. The van der Waals surface area contributed by atoms with Gasteiger partial charge in [0, 0.05) is 42.9 Å². The van der Waals surface area contributed by atoms with Gasteiger partial charge in [-0.15, -0.1) is 5.11 Å². The molecule has 0 saturated carbocycles. The maximum absolute atomic E-state index is 13.3. The third-order valence-electron chi connectivity index (χ3n) is 5.85. The summed E-state index contributed by atoms with van der Waals surface area (Å²) in [4.78, 5) is 19.9. The second-order valence-corrected chi connectivity index (χ2v) is 8.32. The van der Waals surface area contributed by atoms with E-state index in [4.69, 9.17) is 10.8 Å². The van der Waals surface area contributed by atoms with E-state index in [0.29, 0.717) is 17.8 Å². The molecule has 2 aromatic rings. The first-order valence-electron chi connectivity index (χ1n) is 11.5. The van der Waals surface area contributed by atoms with Gasteiger partial charge in [-0.05, 0) is 42.2 Å². The monoisotopic (exact) mass is 445 g/mol. The summed E-state index contributed by atoms with van der Waals surface area (Å²) in [5, 5.41) is 14.5. The van der Waals surface area contributed by atoms with E-state index in [1.807, 2.05) is 35.2 Å². The highest BCUT2D eigenvalue weighted by Crippen LogP contribution is 2.33. The minimum Gasteiger partial charge on any atom is -0.366 e. The van der Waals surface area contributed by atoms with Crippen LogP contribution in [0.3, 0.4) is 0 Å². The molecule has 8 heteroatoms. The molecular formula is C25H31N7O. The summed E-state index contributed by atoms with van der Waals surface area (Å²) in [6.07, 6.45) is 4.00. The molecule has 8 nitrogen and oxygen atoms in total. The summed E-state index contributed by atoms with van der Waals surface area (Å²) in [5.41, 5.74) is 5.69. The van der Waals surface area contributed by atoms with Crippen LogP contribution >= 0.6 is 0 Å². The molecule has 1 amide bonds. The van der Waals surface area contributed by atoms with Crippen LogP contribution in [0.2, 0.25) is 0 Å². The third-order valence-corrected chi connectivity index (χ3v) is 5.85. The van der Waals surface area contributed by atoms with Gasteiger partial charge in [0.15, 0.2) is 5.84 Å². The number of para-hydroxylation sites is 1. The lowest BCUT2D eigenvalue weighted by molar-refractivity contribution is -0.127. The van der Waals surface area contributed by atoms with Crippen LogP contribution in [0.4, 0.5) is 11.4 Å². The Labute approximate surface area is 194 Å². The molecule has 2 aliphatic rings. The molecule has 0 aliphatic carbocycles. The van der Waals surface area contributed by atoms with Gasteiger partial charge in [0.25, 0.3) is 0 Å².